The molecule has 0 atom stereocenters. The number of thiol groups is 1. The fourth-order valence-corrected chi connectivity index (χ4v) is 1.35. The third-order valence-electron chi connectivity index (χ3n) is 2.02. The zero-order chi connectivity index (χ0) is 10.4. The van der Waals surface area contributed by atoms with Crippen molar-refractivity contribution in [3.8, 4) is 0 Å². The number of hydrogen-bond acceptors (Lipinski definition) is 2. The highest BCUT2D eigenvalue weighted by Crippen LogP contribution is 2.03. The molecule has 0 saturated carbocycles. The summed E-state index contributed by atoms with van der Waals surface area (Å²) in [6.07, 6.45) is 0.929. The number of carbonyl (C=O) groups excluding carboxylic acids is 1. The molecule has 0 radical (unpaired) electrons. The zero-order valence-corrected chi connectivity index (χ0v) is 9.21. The molecule has 0 N–H and O–H groups in total. The Hall–Kier alpha value is -0.960. The lowest BCUT2D eigenvalue weighted by Crippen LogP contribution is -2.27. The molecule has 1 aromatic rings. The van der Waals surface area contributed by atoms with E-state index in [9.17, 15) is 4.79 Å². The normalized spacial score (nSPS) is 9.86. The average Bonchev–Trinajstić information content (AvgIpc) is 2.26. The number of hydrogen-bond donors (Lipinski definition) is 1. The Morgan fingerprint density at radius 3 is 2.57 bits per heavy atom. The lowest BCUT2D eigenvalue weighted by Gasteiger charge is -2.16. The number of benzene rings is 1. The first-order valence-corrected chi connectivity index (χ1v) is 5.30. The molecular weight excluding hydrogens is 194 g/mol. The molecule has 0 bridgehead atoms. The maximum Gasteiger partial charge on any atom is 0.253 e. The largest absolute Gasteiger partial charge is 0.342 e. The van der Waals surface area contributed by atoms with E-state index in [1.807, 2.05) is 37.4 Å². The molecule has 14 heavy (non-hydrogen) atoms. The van der Waals surface area contributed by atoms with Crippen molar-refractivity contribution in [3.63, 3.8) is 0 Å². The summed E-state index contributed by atoms with van der Waals surface area (Å²) in [5.74, 6) is 0.888. The predicted molar refractivity (Wildman–Crippen MR) is 61.9 cm³/mol. The van der Waals surface area contributed by atoms with Gasteiger partial charge in [-0.25, -0.2) is 0 Å². The topological polar surface area (TPSA) is 20.3 Å². The smallest absolute Gasteiger partial charge is 0.253 e. The summed E-state index contributed by atoms with van der Waals surface area (Å²) < 4.78 is 0. The Kier molecular flexibility index (Phi) is 4.53. The summed E-state index contributed by atoms with van der Waals surface area (Å²) in [6, 6.07) is 9.32. The fourth-order valence-electron chi connectivity index (χ4n) is 1.21. The summed E-state index contributed by atoms with van der Waals surface area (Å²) in [5, 5.41) is 0. The van der Waals surface area contributed by atoms with E-state index < -0.39 is 0 Å². The quantitative estimate of drug-likeness (QED) is 0.753. The third-order valence-corrected chi connectivity index (χ3v) is 2.34. The Morgan fingerprint density at radius 1 is 1.36 bits per heavy atom. The number of rotatable bonds is 4. The molecule has 1 rings (SSSR count). The molecule has 1 amide bonds. The van der Waals surface area contributed by atoms with E-state index in [1.54, 1.807) is 4.90 Å². The van der Waals surface area contributed by atoms with Crippen LogP contribution in [0, 0.1) is 0 Å². The average molecular weight is 209 g/mol. The number of carbonyl (C=O) groups is 1. The second-order valence-corrected chi connectivity index (χ2v) is 3.62. The van der Waals surface area contributed by atoms with Crippen LogP contribution in [-0.2, 0) is 0 Å². The molecule has 0 unspecified atom stereocenters. The second kappa shape index (κ2) is 5.70. The van der Waals surface area contributed by atoms with Gasteiger partial charge < -0.3 is 4.90 Å². The van der Waals surface area contributed by atoms with Crippen molar-refractivity contribution in [1.29, 1.82) is 0 Å². The lowest BCUT2D eigenvalue weighted by molar-refractivity contribution is 0.0795. The summed E-state index contributed by atoms with van der Waals surface area (Å²) in [5.41, 5.74) is 0.745. The molecule has 0 fully saturated rings. The van der Waals surface area contributed by atoms with Crippen LogP contribution in [0.3, 0.4) is 0 Å². The molecule has 2 nitrogen and oxygen atoms in total. The van der Waals surface area contributed by atoms with Crippen LogP contribution in [0.2, 0.25) is 0 Å². The van der Waals surface area contributed by atoms with E-state index in [0.29, 0.717) is 0 Å². The van der Waals surface area contributed by atoms with Crippen molar-refractivity contribution < 1.29 is 4.79 Å². The van der Waals surface area contributed by atoms with Gasteiger partial charge in [0.2, 0.25) is 0 Å². The van der Waals surface area contributed by atoms with Crippen LogP contribution in [0.5, 0.6) is 0 Å². The standard InChI is InChI=1S/C11H15NOS/c1-12(8-5-9-14)11(13)10-6-3-2-4-7-10/h2-4,6-7,14H,5,8-9H2,1H3. The molecule has 0 aliphatic heterocycles. The van der Waals surface area contributed by atoms with Gasteiger partial charge in [0.05, 0.1) is 0 Å². The van der Waals surface area contributed by atoms with E-state index in [-0.39, 0.29) is 5.91 Å². The van der Waals surface area contributed by atoms with Crippen molar-refractivity contribution in [1.82, 2.24) is 4.90 Å². The molecule has 3 heteroatoms. The van der Waals surface area contributed by atoms with Crippen LogP contribution < -0.4 is 0 Å². The van der Waals surface area contributed by atoms with Gasteiger partial charge in [-0.1, -0.05) is 18.2 Å². The van der Waals surface area contributed by atoms with Gasteiger partial charge in [0.1, 0.15) is 0 Å². The Labute approximate surface area is 90.3 Å². The maximum atomic E-state index is 11.8. The SMILES string of the molecule is CN(CCCS)C(=O)c1ccccc1. The predicted octanol–water partition coefficient (Wildman–Crippen LogP) is 2.08. The zero-order valence-electron chi connectivity index (χ0n) is 8.31. The summed E-state index contributed by atoms with van der Waals surface area (Å²) in [6.45, 7) is 0.761. The first-order valence-electron chi connectivity index (χ1n) is 4.67. The summed E-state index contributed by atoms with van der Waals surface area (Å²) >= 11 is 4.11. The van der Waals surface area contributed by atoms with Crippen molar-refractivity contribution in [3.05, 3.63) is 35.9 Å². The van der Waals surface area contributed by atoms with E-state index in [0.717, 1.165) is 24.3 Å². The highest BCUT2D eigenvalue weighted by molar-refractivity contribution is 7.80. The Balaban J connectivity index is 2.57. The summed E-state index contributed by atoms with van der Waals surface area (Å²) in [7, 11) is 1.82. The van der Waals surface area contributed by atoms with Gasteiger partial charge >= 0.3 is 0 Å². The molecule has 0 aromatic heterocycles. The fraction of sp³-hybridized carbons (Fsp3) is 0.364. The van der Waals surface area contributed by atoms with Crippen molar-refractivity contribution in [2.45, 2.75) is 6.42 Å². The van der Waals surface area contributed by atoms with Gasteiger partial charge in [-0.3, -0.25) is 4.79 Å². The monoisotopic (exact) mass is 209 g/mol. The first kappa shape index (κ1) is 11.1. The van der Waals surface area contributed by atoms with E-state index in [4.69, 9.17) is 0 Å². The minimum atomic E-state index is 0.0763. The summed E-state index contributed by atoms with van der Waals surface area (Å²) in [4.78, 5) is 13.5. The maximum absolute atomic E-state index is 11.8. The molecule has 1 aromatic carbocycles. The van der Waals surface area contributed by atoms with Crippen LogP contribution in [-0.4, -0.2) is 30.2 Å². The molecule has 76 valence electrons. The highest BCUT2D eigenvalue weighted by Gasteiger charge is 2.09. The van der Waals surface area contributed by atoms with Gasteiger partial charge in [0.15, 0.2) is 0 Å². The highest BCUT2D eigenvalue weighted by atomic mass is 32.1. The molecule has 0 aliphatic carbocycles. The van der Waals surface area contributed by atoms with E-state index >= 15 is 0 Å². The molecule has 0 spiro atoms. The minimum absolute atomic E-state index is 0.0763. The lowest BCUT2D eigenvalue weighted by atomic mass is 10.2. The van der Waals surface area contributed by atoms with Gasteiger partial charge in [-0.2, -0.15) is 12.6 Å². The Morgan fingerprint density at radius 2 is 2.00 bits per heavy atom. The van der Waals surface area contributed by atoms with Crippen LogP contribution in [0.15, 0.2) is 30.3 Å². The van der Waals surface area contributed by atoms with Crippen molar-refractivity contribution in [2.75, 3.05) is 19.3 Å². The van der Waals surface area contributed by atoms with Gasteiger partial charge in [-0.15, -0.1) is 0 Å². The van der Waals surface area contributed by atoms with Crippen molar-refractivity contribution >= 4 is 18.5 Å². The number of nitrogens with zero attached hydrogens (tertiary/aromatic N) is 1. The van der Waals surface area contributed by atoms with Crippen molar-refractivity contribution in [2.24, 2.45) is 0 Å². The van der Waals surface area contributed by atoms with Crippen LogP contribution in [0.25, 0.3) is 0 Å². The van der Waals surface area contributed by atoms with E-state index in [2.05, 4.69) is 12.6 Å². The van der Waals surface area contributed by atoms with E-state index in [1.165, 1.54) is 0 Å². The molecule has 0 saturated heterocycles. The van der Waals surface area contributed by atoms with Crippen LogP contribution in [0.4, 0.5) is 0 Å². The molecule has 0 heterocycles. The third kappa shape index (κ3) is 3.07. The van der Waals surface area contributed by atoms with Gasteiger partial charge in [0, 0.05) is 19.2 Å². The first-order chi connectivity index (χ1) is 6.75. The Bertz CT molecular complexity index is 287. The van der Waals surface area contributed by atoms with Gasteiger partial charge in [0.25, 0.3) is 5.91 Å². The van der Waals surface area contributed by atoms with Gasteiger partial charge in [-0.05, 0) is 24.3 Å². The number of amides is 1. The second-order valence-electron chi connectivity index (χ2n) is 3.17. The van der Waals surface area contributed by atoms with Crippen LogP contribution in [0.1, 0.15) is 16.8 Å². The molecular formula is C11H15NOS. The van der Waals surface area contributed by atoms with Crippen LogP contribution >= 0.6 is 12.6 Å². The molecule has 0 aliphatic rings. The minimum Gasteiger partial charge on any atom is -0.342 e.